The van der Waals surface area contributed by atoms with Crippen molar-refractivity contribution in [3.63, 3.8) is 0 Å². The van der Waals surface area contributed by atoms with Gasteiger partial charge in [-0.15, -0.1) is 0 Å². The molecule has 4 heteroatoms. The molecular formula is C12H13BrFNO. The highest BCUT2D eigenvalue weighted by Gasteiger charge is 2.17. The molecule has 0 amide bonds. The molecule has 0 unspecified atom stereocenters. The highest BCUT2D eigenvalue weighted by atomic mass is 79.9. The van der Waals surface area contributed by atoms with Crippen molar-refractivity contribution in [3.8, 4) is 0 Å². The van der Waals surface area contributed by atoms with Crippen molar-refractivity contribution in [2.45, 2.75) is 19.4 Å². The van der Waals surface area contributed by atoms with Crippen molar-refractivity contribution in [2.75, 3.05) is 13.1 Å². The third-order valence-corrected chi connectivity index (χ3v) is 3.48. The van der Waals surface area contributed by atoms with Gasteiger partial charge in [0.1, 0.15) is 11.6 Å². The molecule has 0 saturated carbocycles. The molecule has 0 bridgehead atoms. The first-order valence-corrected chi connectivity index (χ1v) is 6.12. The first kappa shape index (κ1) is 11.7. The van der Waals surface area contributed by atoms with Crippen molar-refractivity contribution in [1.29, 1.82) is 0 Å². The number of rotatable bonds is 2. The third-order valence-electron chi connectivity index (χ3n) is 2.74. The molecule has 0 N–H and O–H groups in total. The molecule has 16 heavy (non-hydrogen) atoms. The van der Waals surface area contributed by atoms with E-state index < -0.39 is 0 Å². The van der Waals surface area contributed by atoms with E-state index in [0.717, 1.165) is 23.0 Å². The molecule has 1 aromatic rings. The maximum absolute atomic E-state index is 12.9. The van der Waals surface area contributed by atoms with Gasteiger partial charge in [-0.2, -0.15) is 0 Å². The van der Waals surface area contributed by atoms with Gasteiger partial charge in [0.05, 0.1) is 6.54 Å². The zero-order chi connectivity index (χ0) is 11.5. The summed E-state index contributed by atoms with van der Waals surface area (Å²) < 4.78 is 13.7. The number of nitrogens with zero attached hydrogens (tertiary/aromatic N) is 1. The number of carbonyl (C=O) groups excluding carboxylic acids is 1. The average molecular weight is 286 g/mol. The number of hydrogen-bond donors (Lipinski definition) is 0. The summed E-state index contributed by atoms with van der Waals surface area (Å²) in [6.07, 6.45) is 1.62. The van der Waals surface area contributed by atoms with Crippen LogP contribution in [-0.2, 0) is 11.3 Å². The van der Waals surface area contributed by atoms with Crippen LogP contribution in [0, 0.1) is 5.82 Å². The monoisotopic (exact) mass is 285 g/mol. The largest absolute Gasteiger partial charge is 0.298 e. The number of halogens is 2. The Morgan fingerprint density at radius 2 is 2.25 bits per heavy atom. The standard InChI is InChI=1S/C12H13BrFNO/c13-12-6-10(14)4-3-9(12)7-15-5-1-2-11(16)8-15/h3-4,6H,1-2,5,7-8H2. The Balaban J connectivity index is 2.05. The van der Waals surface area contributed by atoms with Crippen LogP contribution in [0.1, 0.15) is 18.4 Å². The van der Waals surface area contributed by atoms with Gasteiger partial charge in [0.15, 0.2) is 0 Å². The van der Waals surface area contributed by atoms with Crippen LogP contribution in [0.5, 0.6) is 0 Å². The number of likely N-dealkylation sites (tertiary alicyclic amines) is 1. The number of Topliss-reactive ketones (excluding diaryl/α,β-unsaturated/α-hetero) is 1. The minimum atomic E-state index is -0.245. The molecule has 1 aliphatic rings. The Morgan fingerprint density at radius 3 is 2.94 bits per heavy atom. The third kappa shape index (κ3) is 2.89. The van der Waals surface area contributed by atoms with E-state index in [4.69, 9.17) is 0 Å². The minimum Gasteiger partial charge on any atom is -0.298 e. The highest BCUT2D eigenvalue weighted by molar-refractivity contribution is 9.10. The summed E-state index contributed by atoms with van der Waals surface area (Å²) in [5.74, 6) is 0.0508. The van der Waals surface area contributed by atoms with Crippen LogP contribution in [-0.4, -0.2) is 23.8 Å². The van der Waals surface area contributed by atoms with Crippen LogP contribution in [0.3, 0.4) is 0 Å². The van der Waals surface area contributed by atoms with Gasteiger partial charge in [-0.25, -0.2) is 4.39 Å². The Kier molecular flexibility index (Phi) is 3.71. The summed E-state index contributed by atoms with van der Waals surface area (Å²) in [7, 11) is 0. The average Bonchev–Trinajstić information content (AvgIpc) is 2.22. The smallest absolute Gasteiger partial charge is 0.146 e. The van der Waals surface area contributed by atoms with E-state index in [9.17, 15) is 9.18 Å². The number of benzene rings is 1. The zero-order valence-electron chi connectivity index (χ0n) is 8.88. The number of hydrogen-bond acceptors (Lipinski definition) is 2. The molecule has 0 atom stereocenters. The van der Waals surface area contributed by atoms with Gasteiger partial charge in [0.2, 0.25) is 0 Å². The summed E-state index contributed by atoms with van der Waals surface area (Å²) in [5, 5.41) is 0. The lowest BCUT2D eigenvalue weighted by Crippen LogP contribution is -2.35. The van der Waals surface area contributed by atoms with Crippen molar-refractivity contribution in [2.24, 2.45) is 0 Å². The van der Waals surface area contributed by atoms with Crippen LogP contribution >= 0.6 is 15.9 Å². The van der Waals surface area contributed by atoms with Crippen LogP contribution in [0.4, 0.5) is 4.39 Å². The lowest BCUT2D eigenvalue weighted by atomic mass is 10.1. The normalized spacial score (nSPS) is 17.8. The van der Waals surface area contributed by atoms with E-state index in [2.05, 4.69) is 20.8 Å². The summed E-state index contributed by atoms with van der Waals surface area (Å²) in [6.45, 7) is 2.16. The maximum Gasteiger partial charge on any atom is 0.146 e. The van der Waals surface area contributed by atoms with Crippen molar-refractivity contribution in [3.05, 3.63) is 34.1 Å². The van der Waals surface area contributed by atoms with Gasteiger partial charge < -0.3 is 0 Å². The lowest BCUT2D eigenvalue weighted by molar-refractivity contribution is -0.122. The van der Waals surface area contributed by atoms with E-state index in [1.54, 1.807) is 6.07 Å². The van der Waals surface area contributed by atoms with Crippen LogP contribution in [0.25, 0.3) is 0 Å². The quantitative estimate of drug-likeness (QED) is 0.833. The summed E-state index contributed by atoms with van der Waals surface area (Å²) in [6, 6.07) is 4.67. The molecule has 0 radical (unpaired) electrons. The second-order valence-corrected chi connectivity index (χ2v) is 4.94. The zero-order valence-corrected chi connectivity index (χ0v) is 10.5. The molecule has 1 fully saturated rings. The highest BCUT2D eigenvalue weighted by Crippen LogP contribution is 2.20. The van der Waals surface area contributed by atoms with E-state index in [1.165, 1.54) is 12.1 Å². The van der Waals surface area contributed by atoms with Gasteiger partial charge in [-0.3, -0.25) is 9.69 Å². The molecule has 0 spiro atoms. The molecule has 1 aromatic carbocycles. The Bertz CT molecular complexity index is 408. The second-order valence-electron chi connectivity index (χ2n) is 4.09. The van der Waals surface area contributed by atoms with E-state index in [0.29, 0.717) is 25.3 Å². The fourth-order valence-corrected chi connectivity index (χ4v) is 2.41. The molecule has 1 heterocycles. The van der Waals surface area contributed by atoms with E-state index in [-0.39, 0.29) is 5.82 Å². The van der Waals surface area contributed by atoms with Crippen molar-refractivity contribution < 1.29 is 9.18 Å². The van der Waals surface area contributed by atoms with Crippen molar-refractivity contribution in [1.82, 2.24) is 4.90 Å². The molecule has 2 rings (SSSR count). The Morgan fingerprint density at radius 1 is 1.44 bits per heavy atom. The second kappa shape index (κ2) is 5.06. The fourth-order valence-electron chi connectivity index (χ4n) is 1.93. The fraction of sp³-hybridized carbons (Fsp3) is 0.417. The predicted molar refractivity (Wildman–Crippen MR) is 63.6 cm³/mol. The van der Waals surface area contributed by atoms with Crippen LogP contribution in [0.15, 0.2) is 22.7 Å². The predicted octanol–water partition coefficient (Wildman–Crippen LogP) is 2.75. The van der Waals surface area contributed by atoms with Gasteiger partial charge in [-0.1, -0.05) is 22.0 Å². The van der Waals surface area contributed by atoms with Crippen LogP contribution < -0.4 is 0 Å². The summed E-state index contributed by atoms with van der Waals surface area (Å²) >= 11 is 3.34. The van der Waals surface area contributed by atoms with Gasteiger partial charge in [-0.05, 0) is 30.7 Å². The Labute approximate surface area is 103 Å². The molecular weight excluding hydrogens is 273 g/mol. The molecule has 1 aliphatic heterocycles. The maximum atomic E-state index is 12.9. The lowest BCUT2D eigenvalue weighted by Gasteiger charge is -2.25. The van der Waals surface area contributed by atoms with Crippen molar-refractivity contribution >= 4 is 21.7 Å². The van der Waals surface area contributed by atoms with E-state index in [1.807, 2.05) is 0 Å². The van der Waals surface area contributed by atoms with Gasteiger partial charge in [0.25, 0.3) is 0 Å². The van der Waals surface area contributed by atoms with Crippen LogP contribution in [0.2, 0.25) is 0 Å². The number of piperidine rings is 1. The number of carbonyl (C=O) groups is 1. The number of ketones is 1. The molecule has 0 aromatic heterocycles. The topological polar surface area (TPSA) is 20.3 Å². The summed E-state index contributed by atoms with van der Waals surface area (Å²) in [5.41, 5.74) is 1.02. The minimum absolute atomic E-state index is 0.245. The molecule has 86 valence electrons. The SMILES string of the molecule is O=C1CCCN(Cc2ccc(F)cc2Br)C1. The Hall–Kier alpha value is -0.740. The van der Waals surface area contributed by atoms with Gasteiger partial charge >= 0.3 is 0 Å². The first-order valence-electron chi connectivity index (χ1n) is 5.33. The molecule has 0 aliphatic carbocycles. The molecule has 2 nitrogen and oxygen atoms in total. The van der Waals surface area contributed by atoms with Gasteiger partial charge in [0, 0.05) is 17.4 Å². The van der Waals surface area contributed by atoms with E-state index >= 15 is 0 Å². The first-order chi connectivity index (χ1) is 7.65. The molecule has 1 saturated heterocycles. The summed E-state index contributed by atoms with van der Waals surface area (Å²) in [4.78, 5) is 13.4.